The maximum absolute atomic E-state index is 11.0. The molecule has 2 rings (SSSR count). The molecular formula is C12H15NO3. The SMILES string of the molecule is CC(=O)Nc1ccccc1OC(C)C1CO1. The fraction of sp³-hybridized carbons (Fsp3) is 0.417. The Kier molecular flexibility index (Phi) is 3.10. The molecule has 4 heteroatoms. The highest BCUT2D eigenvalue weighted by Crippen LogP contribution is 2.27. The number of amides is 1. The zero-order valence-corrected chi connectivity index (χ0v) is 9.40. The van der Waals surface area contributed by atoms with Crippen molar-refractivity contribution in [2.24, 2.45) is 0 Å². The normalized spacial score (nSPS) is 20.0. The predicted molar refractivity (Wildman–Crippen MR) is 60.6 cm³/mol. The third-order valence-corrected chi connectivity index (χ3v) is 2.39. The molecule has 1 saturated heterocycles. The van der Waals surface area contributed by atoms with E-state index >= 15 is 0 Å². The third-order valence-electron chi connectivity index (χ3n) is 2.39. The second-order valence-electron chi connectivity index (χ2n) is 3.87. The summed E-state index contributed by atoms with van der Waals surface area (Å²) in [5.41, 5.74) is 0.697. The van der Waals surface area contributed by atoms with Gasteiger partial charge in [0.25, 0.3) is 0 Å². The van der Waals surface area contributed by atoms with E-state index in [0.717, 1.165) is 6.61 Å². The minimum absolute atomic E-state index is 0.00917. The van der Waals surface area contributed by atoms with E-state index in [1.807, 2.05) is 31.2 Å². The Bertz CT molecular complexity index is 388. The van der Waals surface area contributed by atoms with Crippen LogP contribution >= 0.6 is 0 Å². The van der Waals surface area contributed by atoms with Crippen LogP contribution in [0.2, 0.25) is 0 Å². The van der Waals surface area contributed by atoms with Crippen molar-refractivity contribution in [3.63, 3.8) is 0 Å². The third kappa shape index (κ3) is 2.73. The van der Waals surface area contributed by atoms with E-state index in [9.17, 15) is 4.79 Å². The highest BCUT2D eigenvalue weighted by Gasteiger charge is 2.31. The van der Waals surface area contributed by atoms with Gasteiger partial charge in [0.2, 0.25) is 5.91 Å². The molecule has 0 spiro atoms. The van der Waals surface area contributed by atoms with Gasteiger partial charge in [-0.05, 0) is 19.1 Å². The van der Waals surface area contributed by atoms with E-state index < -0.39 is 0 Å². The number of rotatable bonds is 4. The van der Waals surface area contributed by atoms with Gasteiger partial charge in [0, 0.05) is 6.92 Å². The lowest BCUT2D eigenvalue weighted by Gasteiger charge is -2.15. The Morgan fingerprint density at radius 3 is 2.88 bits per heavy atom. The number of ether oxygens (including phenoxy) is 2. The van der Waals surface area contributed by atoms with Crippen molar-refractivity contribution in [3.8, 4) is 5.75 Å². The number of para-hydroxylation sites is 2. The zero-order valence-electron chi connectivity index (χ0n) is 9.40. The molecule has 86 valence electrons. The van der Waals surface area contributed by atoms with E-state index in [0.29, 0.717) is 11.4 Å². The van der Waals surface area contributed by atoms with Crippen molar-refractivity contribution >= 4 is 11.6 Å². The molecule has 1 aliphatic rings. The van der Waals surface area contributed by atoms with Crippen LogP contribution in [-0.4, -0.2) is 24.7 Å². The van der Waals surface area contributed by atoms with Gasteiger partial charge in [-0.1, -0.05) is 12.1 Å². The van der Waals surface area contributed by atoms with Crippen molar-refractivity contribution in [2.75, 3.05) is 11.9 Å². The second kappa shape index (κ2) is 4.53. The molecule has 1 heterocycles. The Hall–Kier alpha value is -1.55. The van der Waals surface area contributed by atoms with E-state index in [1.165, 1.54) is 6.92 Å². The molecule has 1 aliphatic heterocycles. The largest absolute Gasteiger partial charge is 0.486 e. The summed E-state index contributed by atoms with van der Waals surface area (Å²) in [5, 5.41) is 2.73. The van der Waals surface area contributed by atoms with Gasteiger partial charge in [0.1, 0.15) is 18.0 Å². The topological polar surface area (TPSA) is 50.9 Å². The zero-order chi connectivity index (χ0) is 11.5. The lowest BCUT2D eigenvalue weighted by Crippen LogP contribution is -2.19. The summed E-state index contributed by atoms with van der Waals surface area (Å²) in [6.07, 6.45) is 0.195. The van der Waals surface area contributed by atoms with Crippen molar-refractivity contribution < 1.29 is 14.3 Å². The number of carbonyl (C=O) groups is 1. The molecule has 1 aromatic carbocycles. The maximum Gasteiger partial charge on any atom is 0.221 e. The number of epoxide rings is 1. The highest BCUT2D eigenvalue weighted by molar-refractivity contribution is 5.90. The number of nitrogens with one attached hydrogen (secondary N) is 1. The summed E-state index contributed by atoms with van der Waals surface area (Å²) < 4.78 is 10.9. The Labute approximate surface area is 94.6 Å². The first-order chi connectivity index (χ1) is 7.66. The molecule has 0 saturated carbocycles. The quantitative estimate of drug-likeness (QED) is 0.789. The molecule has 1 aromatic rings. The summed E-state index contributed by atoms with van der Waals surface area (Å²) in [6, 6.07) is 7.39. The molecule has 1 amide bonds. The fourth-order valence-electron chi connectivity index (χ4n) is 1.47. The van der Waals surface area contributed by atoms with Gasteiger partial charge in [-0.3, -0.25) is 4.79 Å². The Morgan fingerprint density at radius 2 is 2.25 bits per heavy atom. The molecule has 0 aliphatic carbocycles. The summed E-state index contributed by atoms with van der Waals surface area (Å²) in [6.45, 7) is 4.19. The molecule has 0 bridgehead atoms. The average Bonchev–Trinajstić information content (AvgIpc) is 3.03. The monoisotopic (exact) mass is 221 g/mol. The van der Waals surface area contributed by atoms with Crippen LogP contribution < -0.4 is 10.1 Å². The van der Waals surface area contributed by atoms with Gasteiger partial charge >= 0.3 is 0 Å². The summed E-state index contributed by atoms with van der Waals surface area (Å²) in [4.78, 5) is 11.0. The van der Waals surface area contributed by atoms with Crippen LogP contribution in [0.4, 0.5) is 5.69 Å². The van der Waals surface area contributed by atoms with Crippen LogP contribution in [0, 0.1) is 0 Å². The Morgan fingerprint density at radius 1 is 1.56 bits per heavy atom. The van der Waals surface area contributed by atoms with Gasteiger partial charge in [0.05, 0.1) is 12.3 Å². The Balaban J connectivity index is 2.08. The summed E-state index contributed by atoms with van der Waals surface area (Å²) in [7, 11) is 0. The standard InChI is InChI=1S/C12H15NO3/c1-8(12-7-15-12)16-11-6-4-3-5-10(11)13-9(2)14/h3-6,8,12H,7H2,1-2H3,(H,13,14). The molecule has 1 N–H and O–H groups in total. The first-order valence-corrected chi connectivity index (χ1v) is 5.31. The number of hydrogen-bond acceptors (Lipinski definition) is 3. The van der Waals surface area contributed by atoms with Gasteiger partial charge in [-0.2, -0.15) is 0 Å². The number of anilines is 1. The first kappa shape index (κ1) is 11.0. The molecular weight excluding hydrogens is 206 g/mol. The summed E-state index contributed by atoms with van der Waals surface area (Å²) >= 11 is 0. The summed E-state index contributed by atoms with van der Waals surface area (Å²) in [5.74, 6) is 0.576. The molecule has 1 fully saturated rings. The van der Waals surface area contributed by atoms with E-state index in [-0.39, 0.29) is 18.1 Å². The van der Waals surface area contributed by atoms with Crippen LogP contribution in [0.3, 0.4) is 0 Å². The maximum atomic E-state index is 11.0. The van der Waals surface area contributed by atoms with Crippen LogP contribution in [0.1, 0.15) is 13.8 Å². The molecule has 2 unspecified atom stereocenters. The highest BCUT2D eigenvalue weighted by atomic mass is 16.6. The van der Waals surface area contributed by atoms with Crippen molar-refractivity contribution in [2.45, 2.75) is 26.1 Å². The van der Waals surface area contributed by atoms with E-state index in [1.54, 1.807) is 0 Å². The molecule has 0 aromatic heterocycles. The predicted octanol–water partition coefficient (Wildman–Crippen LogP) is 1.81. The van der Waals surface area contributed by atoms with Crippen LogP contribution in [-0.2, 0) is 9.53 Å². The average molecular weight is 221 g/mol. The van der Waals surface area contributed by atoms with E-state index in [2.05, 4.69) is 5.32 Å². The number of hydrogen-bond donors (Lipinski definition) is 1. The fourth-order valence-corrected chi connectivity index (χ4v) is 1.47. The van der Waals surface area contributed by atoms with Crippen LogP contribution in [0.25, 0.3) is 0 Å². The van der Waals surface area contributed by atoms with Gasteiger partial charge in [0.15, 0.2) is 0 Å². The minimum Gasteiger partial charge on any atom is -0.486 e. The van der Waals surface area contributed by atoms with Gasteiger partial charge in [-0.15, -0.1) is 0 Å². The number of benzene rings is 1. The minimum atomic E-state index is -0.105. The molecule has 4 nitrogen and oxygen atoms in total. The first-order valence-electron chi connectivity index (χ1n) is 5.31. The second-order valence-corrected chi connectivity index (χ2v) is 3.87. The van der Waals surface area contributed by atoms with Crippen molar-refractivity contribution in [3.05, 3.63) is 24.3 Å². The van der Waals surface area contributed by atoms with Crippen LogP contribution in [0.5, 0.6) is 5.75 Å². The van der Waals surface area contributed by atoms with Crippen LogP contribution in [0.15, 0.2) is 24.3 Å². The lowest BCUT2D eigenvalue weighted by molar-refractivity contribution is -0.114. The smallest absolute Gasteiger partial charge is 0.221 e. The number of carbonyl (C=O) groups excluding carboxylic acids is 1. The van der Waals surface area contributed by atoms with Crippen molar-refractivity contribution in [1.82, 2.24) is 0 Å². The molecule has 16 heavy (non-hydrogen) atoms. The van der Waals surface area contributed by atoms with Crippen molar-refractivity contribution in [1.29, 1.82) is 0 Å². The lowest BCUT2D eigenvalue weighted by atomic mass is 10.2. The molecule has 2 atom stereocenters. The van der Waals surface area contributed by atoms with E-state index in [4.69, 9.17) is 9.47 Å². The van der Waals surface area contributed by atoms with Gasteiger partial charge < -0.3 is 14.8 Å². The molecule has 0 radical (unpaired) electrons. The van der Waals surface area contributed by atoms with Gasteiger partial charge in [-0.25, -0.2) is 0 Å².